The van der Waals surface area contributed by atoms with Crippen LogP contribution < -0.4 is 14.8 Å². The van der Waals surface area contributed by atoms with Gasteiger partial charge in [-0.05, 0) is 29.8 Å². The van der Waals surface area contributed by atoms with Crippen molar-refractivity contribution < 1.29 is 14.3 Å². The number of carbonyl (C=O) groups excluding carboxylic acids is 1. The summed E-state index contributed by atoms with van der Waals surface area (Å²) < 4.78 is 10.5. The molecule has 1 N–H and O–H groups in total. The van der Waals surface area contributed by atoms with Gasteiger partial charge in [0, 0.05) is 12.3 Å². The molecule has 0 aliphatic carbocycles. The molecule has 0 aliphatic rings. The number of pyridine rings is 1. The molecule has 0 radical (unpaired) electrons. The maximum Gasteiger partial charge on any atom is 0.255 e. The second kappa shape index (κ2) is 8.16. The number of hydrogen-bond acceptors (Lipinski definition) is 4. The van der Waals surface area contributed by atoms with Gasteiger partial charge in [-0.2, -0.15) is 0 Å². The molecule has 3 aromatic rings. The fourth-order valence-electron chi connectivity index (χ4n) is 2.72. The van der Waals surface area contributed by atoms with Crippen molar-refractivity contribution in [3.05, 3.63) is 89.7 Å². The molecule has 0 aliphatic heterocycles. The lowest BCUT2D eigenvalue weighted by Gasteiger charge is -2.20. The van der Waals surface area contributed by atoms with E-state index in [1.807, 2.05) is 48.5 Å². The molecule has 26 heavy (non-hydrogen) atoms. The van der Waals surface area contributed by atoms with E-state index >= 15 is 0 Å². The summed E-state index contributed by atoms with van der Waals surface area (Å²) in [6, 6.07) is 20.1. The summed E-state index contributed by atoms with van der Waals surface area (Å²) in [5.41, 5.74) is 2.15. The highest BCUT2D eigenvalue weighted by molar-refractivity contribution is 5.97. The summed E-state index contributed by atoms with van der Waals surface area (Å²) in [4.78, 5) is 17.3. The number of nitrogens with zero attached hydrogens (tertiary/aromatic N) is 1. The van der Waals surface area contributed by atoms with E-state index in [0.29, 0.717) is 17.1 Å². The minimum atomic E-state index is -0.364. The molecular formula is C21H20N2O3. The Labute approximate surface area is 152 Å². The quantitative estimate of drug-likeness (QED) is 0.739. The van der Waals surface area contributed by atoms with Crippen molar-refractivity contribution in [3.63, 3.8) is 0 Å². The Morgan fingerprint density at radius 1 is 0.962 bits per heavy atom. The van der Waals surface area contributed by atoms with Gasteiger partial charge in [-0.3, -0.25) is 9.78 Å². The van der Waals surface area contributed by atoms with Gasteiger partial charge in [-0.25, -0.2) is 0 Å². The molecule has 3 rings (SSSR count). The van der Waals surface area contributed by atoms with E-state index < -0.39 is 0 Å². The number of methoxy groups -OCH3 is 2. The van der Waals surface area contributed by atoms with Crippen LogP contribution >= 0.6 is 0 Å². The molecule has 0 saturated carbocycles. The Balaban J connectivity index is 1.94. The van der Waals surface area contributed by atoms with Crippen LogP contribution in [-0.4, -0.2) is 25.1 Å². The second-order valence-electron chi connectivity index (χ2n) is 5.64. The molecule has 1 aromatic heterocycles. The Morgan fingerprint density at radius 3 is 2.38 bits per heavy atom. The number of carbonyl (C=O) groups is 1. The molecular weight excluding hydrogens is 328 g/mol. The van der Waals surface area contributed by atoms with Gasteiger partial charge in [-0.15, -0.1) is 0 Å². The zero-order valence-corrected chi connectivity index (χ0v) is 14.7. The monoisotopic (exact) mass is 348 g/mol. The number of ether oxygens (including phenoxy) is 2. The van der Waals surface area contributed by atoms with Crippen molar-refractivity contribution in [1.29, 1.82) is 0 Å². The van der Waals surface area contributed by atoms with Crippen LogP contribution in [0, 0.1) is 0 Å². The fraction of sp³-hybridized carbons (Fsp3) is 0.143. The third-order valence-electron chi connectivity index (χ3n) is 4.05. The van der Waals surface area contributed by atoms with Gasteiger partial charge in [0.1, 0.15) is 11.5 Å². The lowest BCUT2D eigenvalue weighted by molar-refractivity contribution is 0.0939. The van der Waals surface area contributed by atoms with Crippen molar-refractivity contribution in [1.82, 2.24) is 10.3 Å². The minimum absolute atomic E-state index is 0.246. The predicted octanol–water partition coefficient (Wildman–Crippen LogP) is 3.62. The van der Waals surface area contributed by atoms with E-state index in [4.69, 9.17) is 9.47 Å². The van der Waals surface area contributed by atoms with Gasteiger partial charge in [0.2, 0.25) is 0 Å². The Bertz CT molecular complexity index is 827. The largest absolute Gasteiger partial charge is 0.497 e. The molecule has 1 unspecified atom stereocenters. The number of amides is 1. The number of hydrogen-bond donors (Lipinski definition) is 1. The zero-order valence-electron chi connectivity index (χ0n) is 14.7. The first kappa shape index (κ1) is 17.5. The Hall–Kier alpha value is -3.34. The first-order valence-electron chi connectivity index (χ1n) is 8.21. The number of nitrogens with one attached hydrogen (secondary N) is 1. The van der Waals surface area contributed by atoms with Crippen LogP contribution in [0.2, 0.25) is 0 Å². The third-order valence-corrected chi connectivity index (χ3v) is 4.05. The van der Waals surface area contributed by atoms with E-state index in [2.05, 4.69) is 10.3 Å². The highest BCUT2D eigenvalue weighted by Crippen LogP contribution is 2.26. The summed E-state index contributed by atoms with van der Waals surface area (Å²) in [6.45, 7) is 0. The van der Waals surface area contributed by atoms with Crippen LogP contribution in [0.4, 0.5) is 0 Å². The van der Waals surface area contributed by atoms with E-state index in [0.717, 1.165) is 11.3 Å². The highest BCUT2D eigenvalue weighted by atomic mass is 16.5. The van der Waals surface area contributed by atoms with Gasteiger partial charge in [0.15, 0.2) is 0 Å². The third kappa shape index (κ3) is 3.83. The van der Waals surface area contributed by atoms with Crippen LogP contribution in [0.1, 0.15) is 27.7 Å². The SMILES string of the molecule is COc1ccc(C(=O)NC(c2ccccc2)c2ccccn2)c(OC)c1. The minimum Gasteiger partial charge on any atom is -0.497 e. The molecule has 5 nitrogen and oxygen atoms in total. The molecule has 1 heterocycles. The molecule has 0 fully saturated rings. The van der Waals surface area contributed by atoms with Crippen molar-refractivity contribution in [2.24, 2.45) is 0 Å². The van der Waals surface area contributed by atoms with Crippen LogP contribution in [0.25, 0.3) is 0 Å². The van der Waals surface area contributed by atoms with Crippen molar-refractivity contribution in [2.45, 2.75) is 6.04 Å². The maximum atomic E-state index is 12.9. The van der Waals surface area contributed by atoms with Crippen LogP contribution in [0.3, 0.4) is 0 Å². The smallest absolute Gasteiger partial charge is 0.255 e. The highest BCUT2D eigenvalue weighted by Gasteiger charge is 2.21. The van der Waals surface area contributed by atoms with E-state index in [9.17, 15) is 4.79 Å². The zero-order chi connectivity index (χ0) is 18.4. The summed E-state index contributed by atoms with van der Waals surface area (Å²) >= 11 is 0. The number of benzene rings is 2. The van der Waals surface area contributed by atoms with Gasteiger partial charge >= 0.3 is 0 Å². The van der Waals surface area contributed by atoms with Crippen LogP contribution in [-0.2, 0) is 0 Å². The van der Waals surface area contributed by atoms with E-state index in [1.165, 1.54) is 7.11 Å². The Kier molecular flexibility index (Phi) is 5.49. The molecule has 2 aromatic carbocycles. The van der Waals surface area contributed by atoms with Gasteiger partial charge in [-0.1, -0.05) is 36.4 Å². The lowest BCUT2D eigenvalue weighted by Crippen LogP contribution is -2.30. The lowest BCUT2D eigenvalue weighted by atomic mass is 10.0. The van der Waals surface area contributed by atoms with Crippen molar-refractivity contribution in [3.8, 4) is 11.5 Å². The molecule has 132 valence electrons. The maximum absolute atomic E-state index is 12.9. The standard InChI is InChI=1S/C21H20N2O3/c1-25-16-11-12-17(19(14-16)26-2)21(24)23-20(15-8-4-3-5-9-15)18-10-6-7-13-22-18/h3-14,20H,1-2H3,(H,23,24). The van der Waals surface area contributed by atoms with Crippen molar-refractivity contribution >= 4 is 5.91 Å². The normalized spacial score (nSPS) is 11.5. The molecule has 0 spiro atoms. The number of aromatic nitrogens is 1. The number of rotatable bonds is 6. The molecule has 1 atom stereocenters. The first-order chi connectivity index (χ1) is 12.7. The molecule has 0 bridgehead atoms. The molecule has 1 amide bonds. The van der Waals surface area contributed by atoms with Crippen LogP contribution in [0.15, 0.2) is 72.9 Å². The summed E-state index contributed by atoms with van der Waals surface area (Å²) in [5, 5.41) is 3.06. The Morgan fingerprint density at radius 2 is 1.73 bits per heavy atom. The first-order valence-corrected chi connectivity index (χ1v) is 8.21. The second-order valence-corrected chi connectivity index (χ2v) is 5.64. The summed E-state index contributed by atoms with van der Waals surface area (Å²) in [7, 11) is 3.10. The molecule has 5 heteroatoms. The van der Waals surface area contributed by atoms with Gasteiger partial charge in [0.05, 0.1) is 31.5 Å². The van der Waals surface area contributed by atoms with E-state index in [1.54, 1.807) is 31.5 Å². The predicted molar refractivity (Wildman–Crippen MR) is 99.5 cm³/mol. The average Bonchev–Trinajstić information content (AvgIpc) is 2.72. The molecule has 0 saturated heterocycles. The van der Waals surface area contributed by atoms with Crippen LogP contribution in [0.5, 0.6) is 11.5 Å². The average molecular weight is 348 g/mol. The fourth-order valence-corrected chi connectivity index (χ4v) is 2.72. The summed E-state index contributed by atoms with van der Waals surface area (Å²) in [6.07, 6.45) is 1.71. The topological polar surface area (TPSA) is 60.5 Å². The van der Waals surface area contributed by atoms with Gasteiger partial charge in [0.25, 0.3) is 5.91 Å². The summed E-state index contributed by atoms with van der Waals surface area (Å²) in [5.74, 6) is 0.835. The van der Waals surface area contributed by atoms with Crippen molar-refractivity contribution in [2.75, 3.05) is 14.2 Å². The van der Waals surface area contributed by atoms with Gasteiger partial charge < -0.3 is 14.8 Å². The van der Waals surface area contributed by atoms with E-state index in [-0.39, 0.29) is 11.9 Å².